The van der Waals surface area contributed by atoms with Gasteiger partial charge in [-0.3, -0.25) is 4.79 Å². The van der Waals surface area contributed by atoms with Gasteiger partial charge < -0.3 is 0 Å². The zero-order valence-corrected chi connectivity index (χ0v) is 10.5. The van der Waals surface area contributed by atoms with Crippen molar-refractivity contribution in [2.75, 3.05) is 0 Å². The number of carbonyl (C=O) groups is 1. The second-order valence-electron chi connectivity index (χ2n) is 3.79. The van der Waals surface area contributed by atoms with Crippen LogP contribution in [0, 0.1) is 17.2 Å². The van der Waals surface area contributed by atoms with E-state index in [1.54, 1.807) is 26.0 Å². The Hall–Kier alpha value is -1.04. The first-order chi connectivity index (χ1) is 7.47. The van der Waals surface area contributed by atoms with E-state index in [-0.39, 0.29) is 11.7 Å². The Kier molecular flexibility index (Phi) is 4.35. The lowest BCUT2D eigenvalue weighted by atomic mass is 9.90. The monoisotopic (exact) mass is 255 g/mol. The number of benzene rings is 1. The second-order valence-corrected chi connectivity index (χ2v) is 4.63. The third-order valence-electron chi connectivity index (χ3n) is 2.26. The van der Waals surface area contributed by atoms with Gasteiger partial charge >= 0.3 is 0 Å². The molecule has 0 saturated carbocycles. The predicted molar refractivity (Wildman–Crippen MR) is 64.7 cm³/mol. The van der Waals surface area contributed by atoms with Gasteiger partial charge in [-0.05, 0) is 17.7 Å². The molecule has 0 aliphatic heterocycles. The lowest BCUT2D eigenvalue weighted by Crippen LogP contribution is -2.17. The van der Waals surface area contributed by atoms with Gasteiger partial charge in [0.15, 0.2) is 5.78 Å². The van der Waals surface area contributed by atoms with Crippen LogP contribution in [0.4, 0.5) is 0 Å². The molecule has 0 aromatic heterocycles. The van der Waals surface area contributed by atoms with E-state index in [9.17, 15) is 4.79 Å². The van der Waals surface area contributed by atoms with Crippen LogP contribution in [0.25, 0.3) is 0 Å². The third-order valence-corrected chi connectivity index (χ3v) is 2.82. The summed E-state index contributed by atoms with van der Waals surface area (Å²) in [7, 11) is 0. The Bertz CT molecular complexity index is 449. The number of halogens is 2. The molecular weight excluding hydrogens is 245 g/mol. The van der Waals surface area contributed by atoms with E-state index in [0.717, 1.165) is 0 Å². The lowest BCUT2D eigenvalue weighted by molar-refractivity contribution is -0.122. The molecule has 0 amide bonds. The minimum atomic E-state index is -0.815. The van der Waals surface area contributed by atoms with E-state index >= 15 is 0 Å². The van der Waals surface area contributed by atoms with Gasteiger partial charge in [-0.2, -0.15) is 5.26 Å². The summed E-state index contributed by atoms with van der Waals surface area (Å²) in [5, 5.41) is 9.87. The lowest BCUT2D eigenvalue weighted by Gasteiger charge is -2.12. The first kappa shape index (κ1) is 13.0. The second kappa shape index (κ2) is 5.34. The molecule has 1 aromatic rings. The van der Waals surface area contributed by atoms with Crippen molar-refractivity contribution in [1.82, 2.24) is 0 Å². The summed E-state index contributed by atoms with van der Waals surface area (Å²) in [6, 6.07) is 6.77. The highest BCUT2D eigenvalue weighted by molar-refractivity contribution is 6.35. The molecule has 0 heterocycles. The van der Waals surface area contributed by atoms with Gasteiger partial charge in [0.2, 0.25) is 0 Å². The fourth-order valence-corrected chi connectivity index (χ4v) is 1.87. The zero-order valence-electron chi connectivity index (χ0n) is 9.00. The van der Waals surface area contributed by atoms with Crippen LogP contribution in [0.2, 0.25) is 10.0 Å². The third kappa shape index (κ3) is 2.75. The molecule has 16 heavy (non-hydrogen) atoms. The topological polar surface area (TPSA) is 40.9 Å². The molecule has 0 spiro atoms. The molecular formula is C12H11Cl2NO. The van der Waals surface area contributed by atoms with Gasteiger partial charge in [-0.1, -0.05) is 43.1 Å². The van der Waals surface area contributed by atoms with E-state index in [2.05, 4.69) is 0 Å². The number of hydrogen-bond acceptors (Lipinski definition) is 2. The van der Waals surface area contributed by atoms with Crippen molar-refractivity contribution in [2.24, 2.45) is 5.92 Å². The van der Waals surface area contributed by atoms with Gasteiger partial charge in [0.05, 0.1) is 6.07 Å². The van der Waals surface area contributed by atoms with Crippen LogP contribution in [0.5, 0.6) is 0 Å². The van der Waals surface area contributed by atoms with Crippen molar-refractivity contribution in [1.29, 1.82) is 5.26 Å². The van der Waals surface area contributed by atoms with Crippen molar-refractivity contribution in [2.45, 2.75) is 19.8 Å². The van der Waals surface area contributed by atoms with E-state index in [1.807, 2.05) is 6.07 Å². The van der Waals surface area contributed by atoms with Gasteiger partial charge in [0.1, 0.15) is 5.92 Å². The van der Waals surface area contributed by atoms with E-state index in [0.29, 0.717) is 15.6 Å². The number of ketones is 1. The maximum absolute atomic E-state index is 11.8. The zero-order chi connectivity index (χ0) is 12.3. The molecule has 0 fully saturated rings. The molecule has 0 N–H and O–H groups in total. The molecule has 0 aliphatic carbocycles. The normalized spacial score (nSPS) is 12.2. The summed E-state index contributed by atoms with van der Waals surface area (Å²) in [4.78, 5) is 11.8. The largest absolute Gasteiger partial charge is 0.298 e. The van der Waals surface area contributed by atoms with E-state index in [4.69, 9.17) is 28.5 Å². The number of nitriles is 1. The number of rotatable bonds is 3. The SMILES string of the molecule is CC(C)C(=O)C(C#N)c1ccc(Cl)cc1Cl. The minimum absolute atomic E-state index is 0.133. The molecule has 4 heteroatoms. The van der Waals surface area contributed by atoms with Gasteiger partial charge in [0, 0.05) is 16.0 Å². The van der Waals surface area contributed by atoms with E-state index < -0.39 is 5.92 Å². The first-order valence-electron chi connectivity index (χ1n) is 4.85. The molecule has 0 bridgehead atoms. The predicted octanol–water partition coefficient (Wildman–Crippen LogP) is 3.83. The molecule has 1 unspecified atom stereocenters. The summed E-state index contributed by atoms with van der Waals surface area (Å²) in [6.45, 7) is 3.52. The quantitative estimate of drug-likeness (QED) is 0.824. The van der Waals surface area contributed by atoms with Crippen molar-refractivity contribution < 1.29 is 4.79 Å². The summed E-state index contributed by atoms with van der Waals surface area (Å²) in [5.74, 6) is -1.15. The van der Waals surface area contributed by atoms with Crippen molar-refractivity contribution in [3.05, 3.63) is 33.8 Å². The fraction of sp³-hybridized carbons (Fsp3) is 0.333. The van der Waals surface area contributed by atoms with E-state index in [1.165, 1.54) is 6.07 Å². The Morgan fingerprint density at radius 1 is 1.38 bits per heavy atom. The van der Waals surface area contributed by atoms with Crippen LogP contribution in [0.1, 0.15) is 25.3 Å². The summed E-state index contributed by atoms with van der Waals surface area (Å²) in [6.07, 6.45) is 0. The van der Waals surface area contributed by atoms with Crippen molar-refractivity contribution in [3.63, 3.8) is 0 Å². The summed E-state index contributed by atoms with van der Waals surface area (Å²) >= 11 is 11.7. The van der Waals surface area contributed by atoms with Crippen LogP contribution in [0.3, 0.4) is 0 Å². The van der Waals surface area contributed by atoms with Gasteiger partial charge in [0.25, 0.3) is 0 Å². The fourth-order valence-electron chi connectivity index (χ4n) is 1.36. The standard InChI is InChI=1S/C12H11Cl2NO/c1-7(2)12(16)10(6-15)9-4-3-8(13)5-11(9)14/h3-5,7,10H,1-2H3. The maximum atomic E-state index is 11.8. The number of Topliss-reactive ketones (excluding diaryl/α,β-unsaturated/α-hetero) is 1. The van der Waals surface area contributed by atoms with Crippen LogP contribution in [-0.4, -0.2) is 5.78 Å². The van der Waals surface area contributed by atoms with Crippen molar-refractivity contribution in [3.8, 4) is 6.07 Å². The average Bonchev–Trinajstić information content (AvgIpc) is 2.21. The van der Waals surface area contributed by atoms with Crippen LogP contribution in [-0.2, 0) is 4.79 Å². The highest BCUT2D eigenvalue weighted by Gasteiger charge is 2.24. The Morgan fingerprint density at radius 3 is 2.44 bits per heavy atom. The highest BCUT2D eigenvalue weighted by atomic mass is 35.5. The van der Waals surface area contributed by atoms with Gasteiger partial charge in [-0.15, -0.1) is 0 Å². The number of hydrogen-bond donors (Lipinski definition) is 0. The Balaban J connectivity index is 3.15. The van der Waals surface area contributed by atoms with Crippen LogP contribution < -0.4 is 0 Å². The molecule has 2 nitrogen and oxygen atoms in total. The highest BCUT2D eigenvalue weighted by Crippen LogP contribution is 2.29. The molecule has 0 aliphatic rings. The first-order valence-corrected chi connectivity index (χ1v) is 5.61. The minimum Gasteiger partial charge on any atom is -0.298 e. The molecule has 0 radical (unpaired) electrons. The summed E-state index contributed by atoms with van der Waals surface area (Å²) < 4.78 is 0. The summed E-state index contributed by atoms with van der Waals surface area (Å²) in [5.41, 5.74) is 0.521. The molecule has 84 valence electrons. The van der Waals surface area contributed by atoms with Crippen LogP contribution in [0.15, 0.2) is 18.2 Å². The molecule has 1 aromatic carbocycles. The Morgan fingerprint density at radius 2 is 2.00 bits per heavy atom. The Labute approximate surface area is 105 Å². The van der Waals surface area contributed by atoms with Gasteiger partial charge in [-0.25, -0.2) is 0 Å². The average molecular weight is 256 g/mol. The molecule has 1 rings (SSSR count). The number of carbonyl (C=O) groups excluding carboxylic acids is 1. The smallest absolute Gasteiger partial charge is 0.157 e. The maximum Gasteiger partial charge on any atom is 0.157 e. The molecule has 1 atom stereocenters. The molecule has 0 saturated heterocycles. The van der Waals surface area contributed by atoms with Crippen LogP contribution >= 0.6 is 23.2 Å². The van der Waals surface area contributed by atoms with Crippen molar-refractivity contribution >= 4 is 29.0 Å². The number of nitrogens with zero attached hydrogens (tertiary/aromatic N) is 1.